The second-order valence-corrected chi connectivity index (χ2v) is 5.66. The molecule has 6 heteroatoms. The van der Waals surface area contributed by atoms with Crippen LogP contribution in [0.25, 0.3) is 0 Å². The highest BCUT2D eigenvalue weighted by Crippen LogP contribution is 2.34. The smallest absolute Gasteiger partial charge is 0.227 e. The number of anilines is 2. The Balaban J connectivity index is 1.56. The minimum absolute atomic E-state index is 0.0283. The summed E-state index contributed by atoms with van der Waals surface area (Å²) in [4.78, 5) is 25.4. The van der Waals surface area contributed by atoms with Gasteiger partial charge in [-0.05, 0) is 24.3 Å². The molecule has 0 saturated carbocycles. The Hall–Kier alpha value is -3.02. The largest absolute Gasteiger partial charge is 0.493 e. The third-order valence-corrected chi connectivity index (χ3v) is 3.83. The van der Waals surface area contributed by atoms with Crippen molar-refractivity contribution in [2.45, 2.75) is 13.3 Å². The maximum atomic E-state index is 12.0. The van der Waals surface area contributed by atoms with E-state index in [0.29, 0.717) is 31.2 Å². The lowest BCUT2D eigenvalue weighted by molar-refractivity contribution is -0.117. The zero-order valence-electron chi connectivity index (χ0n) is 14.0. The van der Waals surface area contributed by atoms with Crippen LogP contribution in [0.3, 0.4) is 0 Å². The summed E-state index contributed by atoms with van der Waals surface area (Å²) in [6.45, 7) is 2.80. The molecule has 0 spiro atoms. The van der Waals surface area contributed by atoms with E-state index in [1.165, 1.54) is 6.92 Å². The topological polar surface area (TPSA) is 67.9 Å². The molecule has 2 aromatic rings. The third kappa shape index (κ3) is 4.29. The molecule has 1 aliphatic rings. The fourth-order valence-electron chi connectivity index (χ4n) is 2.63. The normalized spacial score (nSPS) is 12.8. The van der Waals surface area contributed by atoms with Gasteiger partial charge in [-0.1, -0.05) is 18.2 Å². The Morgan fingerprint density at radius 3 is 2.76 bits per heavy atom. The molecule has 0 atom stereocenters. The minimum Gasteiger partial charge on any atom is -0.493 e. The summed E-state index contributed by atoms with van der Waals surface area (Å²) < 4.78 is 11.1. The molecule has 1 N–H and O–H groups in total. The second kappa shape index (κ2) is 7.70. The molecule has 0 fully saturated rings. The van der Waals surface area contributed by atoms with Crippen LogP contribution in [0.5, 0.6) is 11.5 Å². The Morgan fingerprint density at radius 2 is 2.00 bits per heavy atom. The first-order chi connectivity index (χ1) is 12.1. The van der Waals surface area contributed by atoms with Crippen molar-refractivity contribution in [1.82, 2.24) is 0 Å². The van der Waals surface area contributed by atoms with Gasteiger partial charge in [-0.3, -0.25) is 9.59 Å². The van der Waals surface area contributed by atoms with Gasteiger partial charge in [0.15, 0.2) is 0 Å². The van der Waals surface area contributed by atoms with Crippen molar-refractivity contribution in [2.75, 3.05) is 30.0 Å². The molecule has 0 unspecified atom stereocenters. The van der Waals surface area contributed by atoms with Crippen molar-refractivity contribution in [2.24, 2.45) is 0 Å². The van der Waals surface area contributed by atoms with Gasteiger partial charge in [-0.2, -0.15) is 0 Å². The van der Waals surface area contributed by atoms with Crippen molar-refractivity contribution < 1.29 is 19.1 Å². The number of ether oxygens (including phenoxy) is 2. The molecule has 3 rings (SSSR count). The molecule has 2 amide bonds. The molecule has 0 saturated heterocycles. The molecule has 0 aliphatic carbocycles. The van der Waals surface area contributed by atoms with Crippen LogP contribution in [0.2, 0.25) is 0 Å². The Bertz CT molecular complexity index is 761. The van der Waals surface area contributed by atoms with Gasteiger partial charge in [-0.25, -0.2) is 0 Å². The zero-order chi connectivity index (χ0) is 17.6. The highest BCUT2D eigenvalue weighted by Gasteiger charge is 2.21. The number of carbonyl (C=O) groups excluding carboxylic acids is 2. The van der Waals surface area contributed by atoms with E-state index in [0.717, 1.165) is 11.4 Å². The monoisotopic (exact) mass is 340 g/mol. The molecule has 0 radical (unpaired) electrons. The predicted molar refractivity (Wildman–Crippen MR) is 95.1 cm³/mol. The lowest BCUT2D eigenvalue weighted by Crippen LogP contribution is -2.36. The van der Waals surface area contributed by atoms with Gasteiger partial charge in [0, 0.05) is 18.7 Å². The van der Waals surface area contributed by atoms with Crippen LogP contribution < -0.4 is 19.7 Å². The maximum Gasteiger partial charge on any atom is 0.227 e. The van der Waals surface area contributed by atoms with Gasteiger partial charge in [0.1, 0.15) is 18.1 Å². The lowest BCUT2D eigenvalue weighted by atomic mass is 10.2. The highest BCUT2D eigenvalue weighted by molar-refractivity contribution is 5.95. The van der Waals surface area contributed by atoms with Gasteiger partial charge >= 0.3 is 0 Å². The number of nitrogens with one attached hydrogen (secondary N) is 1. The van der Waals surface area contributed by atoms with Crippen LogP contribution in [0, 0.1) is 0 Å². The van der Waals surface area contributed by atoms with Crippen molar-refractivity contribution in [1.29, 1.82) is 0 Å². The van der Waals surface area contributed by atoms with E-state index >= 15 is 0 Å². The summed E-state index contributed by atoms with van der Waals surface area (Å²) in [5, 5.41) is 2.82. The molecule has 2 aromatic carbocycles. The van der Waals surface area contributed by atoms with Crippen LogP contribution in [-0.2, 0) is 9.59 Å². The number of carbonyl (C=O) groups is 2. The summed E-state index contributed by atoms with van der Waals surface area (Å²) in [6.07, 6.45) is 0.242. The van der Waals surface area contributed by atoms with E-state index in [-0.39, 0.29) is 18.2 Å². The summed E-state index contributed by atoms with van der Waals surface area (Å²) in [5.41, 5.74) is 1.36. The van der Waals surface area contributed by atoms with E-state index < -0.39 is 0 Å². The molecule has 1 heterocycles. The van der Waals surface area contributed by atoms with Gasteiger partial charge in [0.2, 0.25) is 11.8 Å². The van der Waals surface area contributed by atoms with Crippen molar-refractivity contribution in [3.05, 3.63) is 48.5 Å². The van der Waals surface area contributed by atoms with E-state index in [4.69, 9.17) is 9.47 Å². The van der Waals surface area contributed by atoms with E-state index in [2.05, 4.69) is 5.32 Å². The van der Waals surface area contributed by atoms with E-state index in [1.54, 1.807) is 23.1 Å². The minimum atomic E-state index is -0.143. The fraction of sp³-hybridized carbons (Fsp3) is 0.263. The molecular formula is C19H20N2O4. The SMILES string of the molecule is CC(=O)N1CCOc2cc(NC(=O)CCOc3ccccc3)ccc21. The predicted octanol–water partition coefficient (Wildman–Crippen LogP) is 2.84. The number of hydrogen-bond donors (Lipinski definition) is 1. The molecule has 0 aromatic heterocycles. The Labute approximate surface area is 146 Å². The third-order valence-electron chi connectivity index (χ3n) is 3.83. The number of hydrogen-bond acceptors (Lipinski definition) is 4. The zero-order valence-corrected chi connectivity index (χ0v) is 14.0. The molecule has 1 aliphatic heterocycles. The summed E-state index contributed by atoms with van der Waals surface area (Å²) in [5.74, 6) is 1.16. The number of nitrogens with zero attached hydrogens (tertiary/aromatic N) is 1. The van der Waals surface area contributed by atoms with E-state index in [1.807, 2.05) is 30.3 Å². The Morgan fingerprint density at radius 1 is 1.20 bits per heavy atom. The van der Waals surface area contributed by atoms with Crippen LogP contribution in [0.15, 0.2) is 48.5 Å². The number of para-hydroxylation sites is 1. The van der Waals surface area contributed by atoms with Gasteiger partial charge in [0.05, 0.1) is 25.3 Å². The number of amides is 2. The number of rotatable bonds is 5. The highest BCUT2D eigenvalue weighted by atomic mass is 16.5. The number of fused-ring (bicyclic) bond motifs is 1. The van der Waals surface area contributed by atoms with Crippen LogP contribution >= 0.6 is 0 Å². The first-order valence-corrected chi connectivity index (χ1v) is 8.16. The Kier molecular flexibility index (Phi) is 5.18. The molecular weight excluding hydrogens is 320 g/mol. The number of benzene rings is 2. The van der Waals surface area contributed by atoms with Crippen molar-refractivity contribution >= 4 is 23.2 Å². The summed E-state index contributed by atoms with van der Waals surface area (Å²) in [7, 11) is 0. The maximum absolute atomic E-state index is 12.0. The molecule has 6 nitrogen and oxygen atoms in total. The first kappa shape index (κ1) is 16.8. The van der Waals surface area contributed by atoms with Crippen LogP contribution in [-0.4, -0.2) is 31.6 Å². The van der Waals surface area contributed by atoms with Gasteiger partial charge in [-0.15, -0.1) is 0 Å². The van der Waals surface area contributed by atoms with Crippen LogP contribution in [0.4, 0.5) is 11.4 Å². The van der Waals surface area contributed by atoms with Crippen LogP contribution in [0.1, 0.15) is 13.3 Å². The van der Waals surface area contributed by atoms with Crippen molar-refractivity contribution in [3.8, 4) is 11.5 Å². The quantitative estimate of drug-likeness (QED) is 0.909. The first-order valence-electron chi connectivity index (χ1n) is 8.16. The van der Waals surface area contributed by atoms with Gasteiger partial charge < -0.3 is 19.7 Å². The molecule has 0 bridgehead atoms. The van der Waals surface area contributed by atoms with Crippen molar-refractivity contribution in [3.63, 3.8) is 0 Å². The van der Waals surface area contributed by atoms with Gasteiger partial charge in [0.25, 0.3) is 0 Å². The summed E-state index contributed by atoms with van der Waals surface area (Å²) >= 11 is 0. The standard InChI is InChI=1S/C19H20N2O4/c1-14(22)21-10-12-25-18-13-15(7-8-17(18)21)20-19(23)9-11-24-16-5-3-2-4-6-16/h2-8,13H,9-12H2,1H3,(H,20,23). The lowest BCUT2D eigenvalue weighted by Gasteiger charge is -2.29. The summed E-state index contributed by atoms with van der Waals surface area (Å²) in [6, 6.07) is 14.6. The fourth-order valence-corrected chi connectivity index (χ4v) is 2.63. The average Bonchev–Trinajstić information content (AvgIpc) is 2.61. The average molecular weight is 340 g/mol. The molecule has 25 heavy (non-hydrogen) atoms. The van der Waals surface area contributed by atoms with E-state index in [9.17, 15) is 9.59 Å². The second-order valence-electron chi connectivity index (χ2n) is 5.66. The molecule has 130 valence electrons.